The number of hydrogen-bond acceptors (Lipinski definition) is 3. The van der Waals surface area contributed by atoms with Crippen LogP contribution in [0.25, 0.3) is 0 Å². The van der Waals surface area contributed by atoms with Gasteiger partial charge in [-0.2, -0.15) is 0 Å². The van der Waals surface area contributed by atoms with E-state index in [0.717, 1.165) is 11.3 Å². The summed E-state index contributed by atoms with van der Waals surface area (Å²) in [4.78, 5) is 29.2. The highest BCUT2D eigenvalue weighted by molar-refractivity contribution is 7.12. The van der Waals surface area contributed by atoms with Gasteiger partial charge in [-0.1, -0.05) is 35.9 Å². The van der Waals surface area contributed by atoms with E-state index in [0.29, 0.717) is 32.6 Å². The zero-order chi connectivity index (χ0) is 16.9. The number of amides is 2. The van der Waals surface area contributed by atoms with E-state index in [-0.39, 0.29) is 11.8 Å². The van der Waals surface area contributed by atoms with Crippen molar-refractivity contribution in [3.8, 4) is 0 Å². The van der Waals surface area contributed by atoms with Gasteiger partial charge in [0.2, 0.25) is 5.91 Å². The molecular weight excluding hydrogens is 320 g/mol. The molecule has 5 heteroatoms. The highest BCUT2D eigenvalue weighted by Crippen LogP contribution is 2.15. The summed E-state index contributed by atoms with van der Waals surface area (Å²) >= 11 is 1.47. The van der Waals surface area contributed by atoms with Crippen molar-refractivity contribution in [3.05, 3.63) is 57.8 Å². The first-order valence-corrected chi connectivity index (χ1v) is 9.17. The van der Waals surface area contributed by atoms with E-state index in [2.05, 4.69) is 25.1 Å². The molecule has 1 aromatic heterocycles. The average Bonchev–Trinajstić information content (AvgIpc) is 3.14. The molecule has 1 fully saturated rings. The molecule has 0 bridgehead atoms. The molecule has 3 rings (SSSR count). The molecule has 24 heavy (non-hydrogen) atoms. The lowest BCUT2D eigenvalue weighted by atomic mass is 10.1. The lowest BCUT2D eigenvalue weighted by Crippen LogP contribution is -2.50. The van der Waals surface area contributed by atoms with Gasteiger partial charge >= 0.3 is 0 Å². The van der Waals surface area contributed by atoms with Crippen molar-refractivity contribution in [2.24, 2.45) is 0 Å². The van der Waals surface area contributed by atoms with Gasteiger partial charge in [-0.15, -0.1) is 11.3 Å². The predicted octanol–water partition coefficient (Wildman–Crippen LogP) is 2.97. The van der Waals surface area contributed by atoms with Gasteiger partial charge in [0, 0.05) is 32.6 Å². The maximum absolute atomic E-state index is 12.4. The van der Waals surface area contributed by atoms with Crippen molar-refractivity contribution in [1.82, 2.24) is 9.80 Å². The molecule has 0 radical (unpaired) electrons. The van der Waals surface area contributed by atoms with Crippen LogP contribution >= 0.6 is 11.3 Å². The smallest absolute Gasteiger partial charge is 0.264 e. The van der Waals surface area contributed by atoms with Crippen molar-refractivity contribution in [3.63, 3.8) is 0 Å². The molecule has 1 aliphatic rings. The third kappa shape index (κ3) is 4.03. The molecule has 1 aliphatic heterocycles. The zero-order valence-electron chi connectivity index (χ0n) is 13.9. The zero-order valence-corrected chi connectivity index (χ0v) is 14.7. The van der Waals surface area contributed by atoms with Gasteiger partial charge < -0.3 is 9.80 Å². The Hall–Kier alpha value is -2.14. The monoisotopic (exact) mass is 342 g/mol. The van der Waals surface area contributed by atoms with Crippen molar-refractivity contribution >= 4 is 23.2 Å². The normalized spacial score (nSPS) is 14.7. The van der Waals surface area contributed by atoms with E-state index in [1.807, 2.05) is 33.4 Å². The maximum atomic E-state index is 12.4. The third-order valence-electron chi connectivity index (χ3n) is 4.36. The first-order valence-electron chi connectivity index (χ1n) is 8.29. The Morgan fingerprint density at radius 3 is 2.46 bits per heavy atom. The summed E-state index contributed by atoms with van der Waals surface area (Å²) in [7, 11) is 0. The first kappa shape index (κ1) is 16.7. The molecule has 2 amide bonds. The van der Waals surface area contributed by atoms with Crippen LogP contribution in [0.1, 0.15) is 27.2 Å². The van der Waals surface area contributed by atoms with Crippen LogP contribution in [-0.4, -0.2) is 47.8 Å². The fourth-order valence-corrected chi connectivity index (χ4v) is 3.68. The first-order chi connectivity index (χ1) is 11.6. The minimum absolute atomic E-state index is 0.0804. The third-order valence-corrected chi connectivity index (χ3v) is 5.22. The fraction of sp³-hybridized carbons (Fsp3) is 0.368. The molecule has 2 heterocycles. The lowest BCUT2D eigenvalue weighted by Gasteiger charge is -2.34. The van der Waals surface area contributed by atoms with Crippen molar-refractivity contribution < 1.29 is 9.59 Å². The van der Waals surface area contributed by atoms with E-state index in [4.69, 9.17) is 0 Å². The lowest BCUT2D eigenvalue weighted by molar-refractivity contribution is -0.132. The Morgan fingerprint density at radius 1 is 1.04 bits per heavy atom. The second kappa shape index (κ2) is 7.62. The summed E-state index contributed by atoms with van der Waals surface area (Å²) in [5.41, 5.74) is 2.43. The Bertz CT molecular complexity index is 704. The second-order valence-electron chi connectivity index (χ2n) is 6.14. The van der Waals surface area contributed by atoms with Crippen LogP contribution in [0.5, 0.6) is 0 Å². The fourth-order valence-electron chi connectivity index (χ4n) is 2.99. The molecule has 2 aromatic rings. The van der Waals surface area contributed by atoms with Gasteiger partial charge in [-0.05, 0) is 30.4 Å². The van der Waals surface area contributed by atoms with Crippen molar-refractivity contribution in [2.45, 2.75) is 19.8 Å². The van der Waals surface area contributed by atoms with Gasteiger partial charge in [0.1, 0.15) is 0 Å². The summed E-state index contributed by atoms with van der Waals surface area (Å²) in [6.07, 6.45) is 1.30. The van der Waals surface area contributed by atoms with Gasteiger partial charge in [-0.3, -0.25) is 9.59 Å². The van der Waals surface area contributed by atoms with Gasteiger partial charge in [0.15, 0.2) is 0 Å². The Morgan fingerprint density at radius 2 is 1.79 bits per heavy atom. The topological polar surface area (TPSA) is 40.6 Å². The average molecular weight is 342 g/mol. The number of piperazine rings is 1. The summed E-state index contributed by atoms with van der Waals surface area (Å²) in [6.45, 7) is 4.56. The number of nitrogens with zero attached hydrogens (tertiary/aromatic N) is 2. The number of hydrogen-bond donors (Lipinski definition) is 0. The van der Waals surface area contributed by atoms with Crippen molar-refractivity contribution in [1.29, 1.82) is 0 Å². The van der Waals surface area contributed by atoms with E-state index in [9.17, 15) is 9.59 Å². The molecule has 0 unspecified atom stereocenters. The molecule has 0 saturated carbocycles. The SMILES string of the molecule is Cc1cccc(CCC(=O)N2CCN(C(=O)c3cccs3)CC2)c1. The van der Waals surface area contributed by atoms with Crippen LogP contribution in [0.15, 0.2) is 41.8 Å². The summed E-state index contributed by atoms with van der Waals surface area (Å²) < 4.78 is 0. The van der Waals surface area contributed by atoms with E-state index < -0.39 is 0 Å². The molecule has 1 aromatic carbocycles. The molecule has 0 atom stereocenters. The molecule has 4 nitrogen and oxygen atoms in total. The standard InChI is InChI=1S/C19H22N2O2S/c1-15-4-2-5-16(14-15)7-8-18(22)20-9-11-21(12-10-20)19(23)17-6-3-13-24-17/h2-6,13-14H,7-12H2,1H3. The molecule has 0 aliphatic carbocycles. The van der Waals surface area contributed by atoms with Crippen molar-refractivity contribution in [2.75, 3.05) is 26.2 Å². The van der Waals surface area contributed by atoms with Crippen LogP contribution in [0.2, 0.25) is 0 Å². The minimum atomic E-state index is 0.0804. The second-order valence-corrected chi connectivity index (χ2v) is 7.09. The number of carbonyl (C=O) groups is 2. The van der Waals surface area contributed by atoms with E-state index >= 15 is 0 Å². The number of carbonyl (C=O) groups excluding carboxylic acids is 2. The number of thiophene rings is 1. The molecular formula is C19H22N2O2S. The molecule has 0 N–H and O–H groups in total. The molecule has 0 spiro atoms. The maximum Gasteiger partial charge on any atom is 0.264 e. The summed E-state index contributed by atoms with van der Waals surface area (Å²) in [5.74, 6) is 0.261. The number of benzene rings is 1. The highest BCUT2D eigenvalue weighted by atomic mass is 32.1. The van der Waals surface area contributed by atoms with Gasteiger partial charge in [0.25, 0.3) is 5.91 Å². The van der Waals surface area contributed by atoms with Crippen LogP contribution in [0, 0.1) is 6.92 Å². The molecule has 1 saturated heterocycles. The van der Waals surface area contributed by atoms with Crippen LogP contribution in [0.3, 0.4) is 0 Å². The largest absolute Gasteiger partial charge is 0.339 e. The Kier molecular flexibility index (Phi) is 5.30. The predicted molar refractivity (Wildman–Crippen MR) is 96.3 cm³/mol. The van der Waals surface area contributed by atoms with Crippen LogP contribution in [0.4, 0.5) is 0 Å². The summed E-state index contributed by atoms with van der Waals surface area (Å²) in [6, 6.07) is 12.0. The number of rotatable bonds is 4. The van der Waals surface area contributed by atoms with Gasteiger partial charge in [0.05, 0.1) is 4.88 Å². The highest BCUT2D eigenvalue weighted by Gasteiger charge is 2.24. The van der Waals surface area contributed by atoms with E-state index in [1.54, 1.807) is 0 Å². The van der Waals surface area contributed by atoms with E-state index in [1.165, 1.54) is 22.5 Å². The van der Waals surface area contributed by atoms with Crippen LogP contribution in [-0.2, 0) is 11.2 Å². The van der Waals surface area contributed by atoms with Gasteiger partial charge in [-0.25, -0.2) is 0 Å². The Balaban J connectivity index is 1.47. The van der Waals surface area contributed by atoms with Crippen LogP contribution < -0.4 is 0 Å². The number of aryl methyl sites for hydroxylation is 2. The molecule has 126 valence electrons. The minimum Gasteiger partial charge on any atom is -0.339 e. The summed E-state index contributed by atoms with van der Waals surface area (Å²) in [5, 5.41) is 1.91. The Labute approximate surface area is 146 Å². The quantitative estimate of drug-likeness (QED) is 0.857.